The van der Waals surface area contributed by atoms with Crippen molar-refractivity contribution in [2.75, 3.05) is 11.9 Å². The lowest BCUT2D eigenvalue weighted by molar-refractivity contribution is 0.0529. The maximum atomic E-state index is 12.9. The molecule has 5 heteroatoms. The highest BCUT2D eigenvalue weighted by atomic mass is 32.1. The van der Waals surface area contributed by atoms with Gasteiger partial charge in [-0.15, -0.1) is 11.3 Å². The van der Waals surface area contributed by atoms with E-state index in [0.717, 1.165) is 30.4 Å². The predicted octanol–water partition coefficient (Wildman–Crippen LogP) is 5.72. The highest BCUT2D eigenvalue weighted by Gasteiger charge is 2.23. The molecule has 0 aliphatic heterocycles. The van der Waals surface area contributed by atoms with Crippen LogP contribution in [0.4, 0.5) is 5.00 Å². The molecule has 0 saturated heterocycles. The van der Waals surface area contributed by atoms with E-state index in [1.165, 1.54) is 28.9 Å². The van der Waals surface area contributed by atoms with Gasteiger partial charge in [-0.2, -0.15) is 0 Å². The topological polar surface area (TPSA) is 55.4 Å². The van der Waals surface area contributed by atoms with Gasteiger partial charge in [0.15, 0.2) is 0 Å². The fourth-order valence-corrected chi connectivity index (χ4v) is 4.69. The molecule has 0 saturated carbocycles. The molecule has 0 bridgehead atoms. The van der Waals surface area contributed by atoms with Gasteiger partial charge >= 0.3 is 5.97 Å². The largest absolute Gasteiger partial charge is 0.462 e. The molecule has 29 heavy (non-hydrogen) atoms. The molecule has 0 radical (unpaired) electrons. The fraction of sp³-hybridized carbons (Fsp3) is 0.250. The number of carbonyl (C=O) groups excluding carboxylic acids is 2. The summed E-state index contributed by atoms with van der Waals surface area (Å²) in [5, 5.41) is 5.35. The van der Waals surface area contributed by atoms with E-state index < -0.39 is 5.97 Å². The van der Waals surface area contributed by atoms with Crippen molar-refractivity contribution < 1.29 is 14.3 Å². The third-order valence-electron chi connectivity index (χ3n) is 5.19. The number of nitrogens with one attached hydrogen (secondary N) is 1. The monoisotopic (exact) mass is 405 g/mol. The minimum atomic E-state index is -0.423. The lowest BCUT2D eigenvalue weighted by Gasteiger charge is -2.16. The van der Waals surface area contributed by atoms with Gasteiger partial charge in [-0.1, -0.05) is 36.4 Å². The number of amides is 1. The Hall–Kier alpha value is -2.92. The van der Waals surface area contributed by atoms with Crippen molar-refractivity contribution in [3.8, 4) is 11.1 Å². The number of hydrogen-bond donors (Lipinski definition) is 1. The molecule has 148 valence electrons. The average Bonchev–Trinajstić information content (AvgIpc) is 3.17. The number of fused-ring (bicyclic) bond motifs is 1. The second-order valence-corrected chi connectivity index (χ2v) is 7.96. The first-order valence-electron chi connectivity index (χ1n) is 9.94. The summed E-state index contributed by atoms with van der Waals surface area (Å²) in [6.07, 6.45) is 4.46. The Morgan fingerprint density at radius 3 is 2.55 bits per heavy atom. The molecule has 4 nitrogen and oxygen atoms in total. The van der Waals surface area contributed by atoms with Crippen LogP contribution < -0.4 is 5.32 Å². The summed E-state index contributed by atoms with van der Waals surface area (Å²) in [5.41, 5.74) is 5.31. The van der Waals surface area contributed by atoms with Crippen LogP contribution in [0.2, 0.25) is 0 Å². The number of aryl methyl sites for hydroxylation is 2. The highest BCUT2D eigenvalue weighted by molar-refractivity contribution is 7.15. The molecule has 1 N–H and O–H groups in total. The zero-order valence-electron chi connectivity index (χ0n) is 16.4. The van der Waals surface area contributed by atoms with E-state index >= 15 is 0 Å². The summed E-state index contributed by atoms with van der Waals surface area (Å²) in [4.78, 5) is 25.6. The Bertz CT molecular complexity index is 1040. The number of carbonyl (C=O) groups is 2. The van der Waals surface area contributed by atoms with E-state index in [2.05, 4.69) is 11.4 Å². The fourth-order valence-electron chi connectivity index (χ4n) is 3.74. The van der Waals surface area contributed by atoms with Crippen LogP contribution in [0.5, 0.6) is 0 Å². The highest BCUT2D eigenvalue weighted by Crippen LogP contribution is 2.36. The van der Waals surface area contributed by atoms with Gasteiger partial charge in [-0.3, -0.25) is 4.79 Å². The van der Waals surface area contributed by atoms with E-state index in [9.17, 15) is 9.59 Å². The standard InChI is InChI=1S/C24H23NO3S/c1-2-28-24(27)21-20(17-9-4-3-5-10-17)15-29-23(21)25-22(26)19-13-12-16-8-6-7-11-18(16)14-19/h3-5,9-10,12-15H,2,6-8,11H2,1H3,(H,25,26). The average molecular weight is 406 g/mol. The minimum Gasteiger partial charge on any atom is -0.462 e. The first kappa shape index (κ1) is 19.4. The molecule has 0 atom stereocenters. The Morgan fingerprint density at radius 1 is 1.03 bits per heavy atom. The van der Waals surface area contributed by atoms with Crippen molar-refractivity contribution in [2.45, 2.75) is 32.6 Å². The maximum Gasteiger partial charge on any atom is 0.341 e. The molecule has 1 amide bonds. The number of thiophene rings is 1. The summed E-state index contributed by atoms with van der Waals surface area (Å²) in [6.45, 7) is 2.05. The molecule has 3 aromatic rings. The van der Waals surface area contributed by atoms with E-state index in [1.54, 1.807) is 6.92 Å². The van der Waals surface area contributed by atoms with E-state index in [1.807, 2.05) is 47.8 Å². The molecular formula is C24H23NO3S. The molecule has 1 aliphatic carbocycles. The van der Waals surface area contributed by atoms with Crippen molar-refractivity contribution in [3.63, 3.8) is 0 Å². The lowest BCUT2D eigenvalue weighted by Crippen LogP contribution is -2.15. The molecule has 1 aromatic heterocycles. The third-order valence-corrected chi connectivity index (χ3v) is 6.09. The molecular weight excluding hydrogens is 382 g/mol. The van der Waals surface area contributed by atoms with Crippen LogP contribution in [0.1, 0.15) is 51.6 Å². The van der Waals surface area contributed by atoms with E-state index in [0.29, 0.717) is 16.1 Å². The van der Waals surface area contributed by atoms with Gasteiger partial charge in [0.05, 0.1) is 6.61 Å². The predicted molar refractivity (Wildman–Crippen MR) is 117 cm³/mol. The Morgan fingerprint density at radius 2 is 1.79 bits per heavy atom. The molecule has 1 heterocycles. The number of hydrogen-bond acceptors (Lipinski definition) is 4. The first-order chi connectivity index (χ1) is 14.2. The van der Waals surface area contributed by atoms with Gasteiger partial charge < -0.3 is 10.1 Å². The molecule has 0 spiro atoms. The number of anilines is 1. The van der Waals surface area contributed by atoms with E-state index in [4.69, 9.17) is 4.74 Å². The summed E-state index contributed by atoms with van der Waals surface area (Å²) < 4.78 is 5.27. The molecule has 0 unspecified atom stereocenters. The Kier molecular flexibility index (Phi) is 5.76. The minimum absolute atomic E-state index is 0.203. The molecule has 1 aliphatic rings. The summed E-state index contributed by atoms with van der Waals surface area (Å²) >= 11 is 1.34. The summed E-state index contributed by atoms with van der Waals surface area (Å²) in [5.74, 6) is -0.626. The van der Waals surface area contributed by atoms with Crippen LogP contribution in [0.3, 0.4) is 0 Å². The summed E-state index contributed by atoms with van der Waals surface area (Å²) in [6, 6.07) is 15.6. The zero-order valence-corrected chi connectivity index (χ0v) is 17.2. The zero-order chi connectivity index (χ0) is 20.2. The van der Waals surface area contributed by atoms with Crippen LogP contribution in [0.15, 0.2) is 53.9 Å². The SMILES string of the molecule is CCOC(=O)c1c(-c2ccccc2)csc1NC(=O)c1ccc2c(c1)CCCC2. The van der Waals surface area contributed by atoms with Gasteiger partial charge in [0.2, 0.25) is 0 Å². The molecule has 0 fully saturated rings. The van der Waals surface area contributed by atoms with Gasteiger partial charge in [-0.05, 0) is 61.4 Å². The van der Waals surface area contributed by atoms with Crippen molar-refractivity contribution in [1.82, 2.24) is 0 Å². The maximum absolute atomic E-state index is 12.9. The quantitative estimate of drug-likeness (QED) is 0.552. The number of esters is 1. The second kappa shape index (κ2) is 8.62. The molecule has 4 rings (SSSR count). The number of benzene rings is 2. The van der Waals surface area contributed by atoms with Gasteiger partial charge in [0, 0.05) is 16.5 Å². The first-order valence-corrected chi connectivity index (χ1v) is 10.8. The number of ether oxygens (including phenoxy) is 1. The normalized spacial score (nSPS) is 12.9. The van der Waals surface area contributed by atoms with Crippen LogP contribution in [0.25, 0.3) is 11.1 Å². The van der Waals surface area contributed by atoms with Crippen LogP contribution >= 0.6 is 11.3 Å². The smallest absolute Gasteiger partial charge is 0.341 e. The third kappa shape index (κ3) is 4.10. The molecule has 2 aromatic carbocycles. The van der Waals surface area contributed by atoms with Crippen LogP contribution in [-0.2, 0) is 17.6 Å². The second-order valence-electron chi connectivity index (χ2n) is 7.08. The van der Waals surface area contributed by atoms with E-state index in [-0.39, 0.29) is 12.5 Å². The number of rotatable bonds is 5. The van der Waals surface area contributed by atoms with Gasteiger partial charge in [0.25, 0.3) is 5.91 Å². The van der Waals surface area contributed by atoms with Crippen molar-refractivity contribution in [3.05, 3.63) is 76.2 Å². The van der Waals surface area contributed by atoms with Crippen molar-refractivity contribution in [2.24, 2.45) is 0 Å². The van der Waals surface area contributed by atoms with Crippen molar-refractivity contribution >= 4 is 28.2 Å². The summed E-state index contributed by atoms with van der Waals surface area (Å²) in [7, 11) is 0. The van der Waals surface area contributed by atoms with Gasteiger partial charge in [-0.25, -0.2) is 4.79 Å². The van der Waals surface area contributed by atoms with Crippen molar-refractivity contribution in [1.29, 1.82) is 0 Å². The Labute approximate surface area is 174 Å². The van der Waals surface area contributed by atoms with Crippen LogP contribution in [-0.4, -0.2) is 18.5 Å². The Balaban J connectivity index is 1.65. The lowest BCUT2D eigenvalue weighted by atomic mass is 9.90. The van der Waals surface area contributed by atoms with Crippen LogP contribution in [0, 0.1) is 0 Å². The van der Waals surface area contributed by atoms with Gasteiger partial charge in [0.1, 0.15) is 10.6 Å².